The van der Waals surface area contributed by atoms with E-state index in [1.807, 2.05) is 20.8 Å². The van der Waals surface area contributed by atoms with Crippen LogP contribution in [0, 0.1) is 0 Å². The van der Waals surface area contributed by atoms with Gasteiger partial charge in [0.15, 0.2) is 5.75 Å². The largest absolute Gasteiger partial charge is 0.424 e. The number of hydrogen-bond donors (Lipinski definition) is 0. The molecule has 0 spiro atoms. The van der Waals surface area contributed by atoms with Gasteiger partial charge in [-0.25, -0.2) is 0 Å². The Morgan fingerprint density at radius 2 is 1.80 bits per heavy atom. The first kappa shape index (κ1) is 18.2. The van der Waals surface area contributed by atoms with Crippen LogP contribution in [0.3, 0.4) is 0 Å². The first-order valence-corrected chi connectivity index (χ1v) is 7.10. The summed E-state index contributed by atoms with van der Waals surface area (Å²) in [5.74, 6) is 0.0598. The molecule has 112 valence electrons. The highest BCUT2D eigenvalue weighted by atomic mass is 16.5. The van der Waals surface area contributed by atoms with E-state index >= 15 is 0 Å². The summed E-state index contributed by atoms with van der Waals surface area (Å²) in [6.45, 7) is 7.49. The second-order valence-corrected chi connectivity index (χ2v) is 4.12. The zero-order chi connectivity index (χ0) is 15.5. The number of amides is 1. The number of rotatable bonds is 5. The molecular formula is C16H25NO3. The van der Waals surface area contributed by atoms with Crippen LogP contribution in [0.2, 0.25) is 0 Å². The molecule has 0 saturated carbocycles. The van der Waals surface area contributed by atoms with Crippen LogP contribution in [-0.4, -0.2) is 18.9 Å². The first-order chi connectivity index (χ1) is 9.56. The lowest BCUT2D eigenvalue weighted by Gasteiger charge is -2.18. The summed E-state index contributed by atoms with van der Waals surface area (Å²) >= 11 is 0. The number of benzene rings is 1. The summed E-state index contributed by atoms with van der Waals surface area (Å²) in [4.78, 5) is 24.4. The molecule has 0 saturated heterocycles. The van der Waals surface area contributed by atoms with Crippen LogP contribution in [0.5, 0.6) is 5.75 Å². The normalized spacial score (nSPS) is 9.25. The van der Waals surface area contributed by atoms with Gasteiger partial charge in [-0.1, -0.05) is 39.3 Å². The van der Waals surface area contributed by atoms with Gasteiger partial charge in [-0.2, -0.15) is 0 Å². The van der Waals surface area contributed by atoms with Crippen LogP contribution in [-0.2, 0) is 9.59 Å². The number of esters is 1. The van der Waals surface area contributed by atoms with Crippen molar-refractivity contribution in [3.05, 3.63) is 24.3 Å². The predicted octanol–water partition coefficient (Wildman–Crippen LogP) is 3.79. The highest BCUT2D eigenvalue weighted by Gasteiger charge is 2.13. The van der Waals surface area contributed by atoms with Crippen LogP contribution in [0.1, 0.15) is 47.0 Å². The fourth-order valence-corrected chi connectivity index (χ4v) is 1.48. The van der Waals surface area contributed by atoms with Crippen molar-refractivity contribution < 1.29 is 14.3 Å². The van der Waals surface area contributed by atoms with E-state index in [2.05, 4.69) is 0 Å². The Bertz CT molecular complexity index is 429. The van der Waals surface area contributed by atoms with Gasteiger partial charge in [0.25, 0.3) is 0 Å². The Balaban J connectivity index is 0.00000172. The summed E-state index contributed by atoms with van der Waals surface area (Å²) in [7, 11) is 1.65. The van der Waals surface area contributed by atoms with E-state index in [0.29, 0.717) is 17.9 Å². The van der Waals surface area contributed by atoms with E-state index < -0.39 is 0 Å². The number of hydrogen-bond acceptors (Lipinski definition) is 3. The monoisotopic (exact) mass is 279 g/mol. The molecule has 0 bridgehead atoms. The van der Waals surface area contributed by atoms with E-state index in [-0.39, 0.29) is 11.9 Å². The maximum absolute atomic E-state index is 11.6. The average Bonchev–Trinajstić information content (AvgIpc) is 2.47. The van der Waals surface area contributed by atoms with Gasteiger partial charge >= 0.3 is 5.97 Å². The molecule has 20 heavy (non-hydrogen) atoms. The second kappa shape index (κ2) is 10.0. The van der Waals surface area contributed by atoms with E-state index in [4.69, 9.17) is 4.74 Å². The van der Waals surface area contributed by atoms with E-state index in [1.165, 1.54) is 11.8 Å². The van der Waals surface area contributed by atoms with Crippen molar-refractivity contribution in [1.29, 1.82) is 0 Å². The van der Waals surface area contributed by atoms with E-state index in [0.717, 1.165) is 12.8 Å². The standard InChI is InChI=1S/C14H19NO3.C2H6/c1-4-5-10-14(17)18-13-9-7-6-8-12(13)15(3)11(2)16;1-2/h6-9H,4-5,10H2,1-3H3;1-2H3. The molecule has 0 unspecified atom stereocenters. The maximum atomic E-state index is 11.6. The lowest BCUT2D eigenvalue weighted by atomic mass is 10.2. The van der Waals surface area contributed by atoms with Crippen molar-refractivity contribution in [3.8, 4) is 5.75 Å². The average molecular weight is 279 g/mol. The van der Waals surface area contributed by atoms with Crippen molar-refractivity contribution in [3.63, 3.8) is 0 Å². The minimum Gasteiger partial charge on any atom is -0.424 e. The molecule has 0 aliphatic rings. The summed E-state index contributed by atoms with van der Waals surface area (Å²) in [5.41, 5.74) is 0.606. The Kier molecular flexibility index (Phi) is 9.09. The van der Waals surface area contributed by atoms with Crippen molar-refractivity contribution >= 4 is 17.6 Å². The molecule has 0 fully saturated rings. The zero-order valence-corrected chi connectivity index (χ0v) is 13.1. The Hall–Kier alpha value is -1.84. The van der Waals surface area contributed by atoms with Gasteiger partial charge in [0.1, 0.15) is 0 Å². The van der Waals surface area contributed by atoms with Crippen molar-refractivity contribution in [2.75, 3.05) is 11.9 Å². The van der Waals surface area contributed by atoms with Crippen LogP contribution >= 0.6 is 0 Å². The molecule has 1 amide bonds. The van der Waals surface area contributed by atoms with Gasteiger partial charge in [0.2, 0.25) is 5.91 Å². The third-order valence-electron chi connectivity index (χ3n) is 2.66. The summed E-state index contributed by atoms with van der Waals surface area (Å²) < 4.78 is 5.29. The molecule has 0 heterocycles. The minimum atomic E-state index is -0.263. The third kappa shape index (κ3) is 5.87. The molecule has 0 radical (unpaired) electrons. The quantitative estimate of drug-likeness (QED) is 0.608. The molecule has 1 aromatic carbocycles. The second-order valence-electron chi connectivity index (χ2n) is 4.12. The lowest BCUT2D eigenvalue weighted by Crippen LogP contribution is -2.24. The number of nitrogens with zero attached hydrogens (tertiary/aromatic N) is 1. The zero-order valence-electron chi connectivity index (χ0n) is 13.1. The summed E-state index contributed by atoms with van der Waals surface area (Å²) in [5, 5.41) is 0. The number of unbranched alkanes of at least 4 members (excludes halogenated alkanes) is 1. The van der Waals surface area contributed by atoms with E-state index in [9.17, 15) is 9.59 Å². The fourth-order valence-electron chi connectivity index (χ4n) is 1.48. The van der Waals surface area contributed by atoms with Crippen LogP contribution in [0.15, 0.2) is 24.3 Å². The van der Waals surface area contributed by atoms with Crippen molar-refractivity contribution in [2.45, 2.75) is 47.0 Å². The van der Waals surface area contributed by atoms with Gasteiger partial charge in [-0.3, -0.25) is 9.59 Å². The number of para-hydroxylation sites is 2. The maximum Gasteiger partial charge on any atom is 0.311 e. The number of anilines is 1. The Labute approximate surface area is 121 Å². The Morgan fingerprint density at radius 3 is 2.35 bits per heavy atom. The number of ether oxygens (including phenoxy) is 1. The lowest BCUT2D eigenvalue weighted by molar-refractivity contribution is -0.134. The van der Waals surface area contributed by atoms with Crippen LogP contribution in [0.25, 0.3) is 0 Å². The summed E-state index contributed by atoms with van der Waals surface area (Å²) in [6.07, 6.45) is 2.16. The molecule has 0 N–H and O–H groups in total. The molecule has 1 rings (SSSR count). The molecular weight excluding hydrogens is 254 g/mol. The third-order valence-corrected chi connectivity index (χ3v) is 2.66. The smallest absolute Gasteiger partial charge is 0.311 e. The minimum absolute atomic E-state index is 0.105. The van der Waals surface area contributed by atoms with Gasteiger partial charge in [-0.05, 0) is 18.6 Å². The molecule has 0 aliphatic carbocycles. The van der Waals surface area contributed by atoms with Crippen LogP contribution < -0.4 is 9.64 Å². The molecule has 4 heteroatoms. The molecule has 0 aromatic heterocycles. The fraction of sp³-hybridized carbons (Fsp3) is 0.500. The molecule has 0 atom stereocenters. The number of carbonyl (C=O) groups is 2. The molecule has 4 nitrogen and oxygen atoms in total. The van der Waals surface area contributed by atoms with Crippen LogP contribution in [0.4, 0.5) is 5.69 Å². The molecule has 1 aromatic rings. The van der Waals surface area contributed by atoms with Gasteiger partial charge in [-0.15, -0.1) is 0 Å². The Morgan fingerprint density at radius 1 is 1.20 bits per heavy atom. The molecule has 0 aliphatic heterocycles. The first-order valence-electron chi connectivity index (χ1n) is 7.10. The topological polar surface area (TPSA) is 46.6 Å². The van der Waals surface area contributed by atoms with Gasteiger partial charge < -0.3 is 9.64 Å². The van der Waals surface area contributed by atoms with Gasteiger partial charge in [0, 0.05) is 20.4 Å². The highest BCUT2D eigenvalue weighted by molar-refractivity contribution is 5.93. The van der Waals surface area contributed by atoms with Crippen molar-refractivity contribution in [1.82, 2.24) is 0 Å². The van der Waals surface area contributed by atoms with E-state index in [1.54, 1.807) is 31.3 Å². The summed E-state index contributed by atoms with van der Waals surface area (Å²) in [6, 6.07) is 7.03. The SMILES string of the molecule is CC.CCCCC(=O)Oc1ccccc1N(C)C(C)=O. The predicted molar refractivity (Wildman–Crippen MR) is 82.0 cm³/mol. The van der Waals surface area contributed by atoms with Gasteiger partial charge in [0.05, 0.1) is 5.69 Å². The van der Waals surface area contributed by atoms with Crippen molar-refractivity contribution in [2.24, 2.45) is 0 Å². The number of carbonyl (C=O) groups excluding carboxylic acids is 2. The highest BCUT2D eigenvalue weighted by Crippen LogP contribution is 2.27.